The molecule has 1 aromatic heterocycles. The first-order valence-electron chi connectivity index (χ1n) is 10.2. The highest BCUT2D eigenvalue weighted by molar-refractivity contribution is 5.98. The van der Waals surface area contributed by atoms with Gasteiger partial charge in [0.1, 0.15) is 12.1 Å². The molecule has 1 fully saturated rings. The van der Waals surface area contributed by atoms with Crippen LogP contribution in [0.1, 0.15) is 16.7 Å². The highest BCUT2D eigenvalue weighted by atomic mass is 19.1. The summed E-state index contributed by atoms with van der Waals surface area (Å²) in [6.45, 7) is 1.96. The van der Waals surface area contributed by atoms with Crippen LogP contribution in [0.15, 0.2) is 42.6 Å². The van der Waals surface area contributed by atoms with Gasteiger partial charge < -0.3 is 14.8 Å². The number of carbonyl (C=O) groups is 2. The summed E-state index contributed by atoms with van der Waals surface area (Å²) in [5.41, 5.74) is 2.20. The lowest BCUT2D eigenvalue weighted by molar-refractivity contribution is -0.385. The molecule has 1 N–H and O–H groups in total. The molecule has 2 amide bonds. The summed E-state index contributed by atoms with van der Waals surface area (Å²) in [6, 6.07) is 8.75. The van der Waals surface area contributed by atoms with E-state index in [1.807, 2.05) is 31.2 Å². The van der Waals surface area contributed by atoms with E-state index in [0.717, 1.165) is 17.2 Å². The largest absolute Gasteiger partial charge is 0.361 e. The predicted molar refractivity (Wildman–Crippen MR) is 117 cm³/mol. The molecule has 1 aliphatic rings. The number of aromatic nitrogens is 1. The first-order valence-corrected chi connectivity index (χ1v) is 10.2. The van der Waals surface area contributed by atoms with E-state index in [1.54, 1.807) is 14.1 Å². The molecule has 2 atom stereocenters. The number of likely N-dealkylation sites (N-methyl/N-ethyl adjacent to an activating group) is 2. The molecule has 2 heterocycles. The maximum atomic E-state index is 14.2. The number of piperazine rings is 1. The second-order valence-corrected chi connectivity index (χ2v) is 8.22. The molecule has 4 rings (SSSR count). The summed E-state index contributed by atoms with van der Waals surface area (Å²) in [5.74, 6) is -1.42. The molecule has 0 spiro atoms. The number of carbonyl (C=O) groups excluding carboxylic acids is 2. The minimum absolute atomic E-state index is 0.0346. The van der Waals surface area contributed by atoms with E-state index in [2.05, 4.69) is 4.98 Å². The van der Waals surface area contributed by atoms with Crippen molar-refractivity contribution in [3.63, 3.8) is 0 Å². The second kappa shape index (κ2) is 8.07. The van der Waals surface area contributed by atoms with Crippen LogP contribution in [-0.2, 0) is 22.4 Å². The van der Waals surface area contributed by atoms with Gasteiger partial charge in [0, 0.05) is 33.1 Å². The Kier molecular flexibility index (Phi) is 5.41. The highest BCUT2D eigenvalue weighted by Gasteiger charge is 2.43. The molecule has 1 saturated heterocycles. The molecule has 0 saturated carbocycles. The van der Waals surface area contributed by atoms with Gasteiger partial charge in [-0.05, 0) is 30.2 Å². The molecule has 9 heteroatoms. The Balaban J connectivity index is 1.64. The zero-order valence-corrected chi connectivity index (χ0v) is 18.0. The van der Waals surface area contributed by atoms with Crippen molar-refractivity contribution in [3.8, 4) is 0 Å². The number of nitrogens with one attached hydrogen (secondary N) is 1. The number of benzene rings is 2. The Labute approximate surface area is 183 Å². The van der Waals surface area contributed by atoms with E-state index >= 15 is 0 Å². The van der Waals surface area contributed by atoms with Crippen LogP contribution in [0.5, 0.6) is 0 Å². The fourth-order valence-corrected chi connectivity index (χ4v) is 4.42. The zero-order chi connectivity index (χ0) is 23.2. The Hall–Kier alpha value is -3.75. The Bertz CT molecular complexity index is 1240. The van der Waals surface area contributed by atoms with Crippen molar-refractivity contribution in [2.75, 3.05) is 14.1 Å². The van der Waals surface area contributed by atoms with Crippen LogP contribution in [0.25, 0.3) is 10.9 Å². The highest BCUT2D eigenvalue weighted by Crippen LogP contribution is 2.33. The fourth-order valence-electron chi connectivity index (χ4n) is 4.42. The number of hydrogen-bond donors (Lipinski definition) is 1. The van der Waals surface area contributed by atoms with Gasteiger partial charge in [-0.1, -0.05) is 29.8 Å². The Morgan fingerprint density at radius 3 is 2.34 bits per heavy atom. The predicted octanol–water partition coefficient (Wildman–Crippen LogP) is 2.98. The number of H-pyrrole nitrogens is 1. The quantitative estimate of drug-likeness (QED) is 0.489. The summed E-state index contributed by atoms with van der Waals surface area (Å²) in [7, 11) is 3.16. The van der Waals surface area contributed by atoms with Crippen molar-refractivity contribution in [1.29, 1.82) is 0 Å². The molecular weight excluding hydrogens is 415 g/mol. The van der Waals surface area contributed by atoms with E-state index in [1.165, 1.54) is 22.1 Å². The fraction of sp³-hybridized carbons (Fsp3) is 0.304. The van der Waals surface area contributed by atoms with Gasteiger partial charge in [-0.3, -0.25) is 19.7 Å². The van der Waals surface area contributed by atoms with Crippen LogP contribution in [0.3, 0.4) is 0 Å². The van der Waals surface area contributed by atoms with Crippen molar-refractivity contribution >= 4 is 28.4 Å². The van der Waals surface area contributed by atoms with Crippen LogP contribution in [0.2, 0.25) is 0 Å². The molecule has 2 aromatic carbocycles. The average molecular weight is 438 g/mol. The van der Waals surface area contributed by atoms with Crippen molar-refractivity contribution in [3.05, 3.63) is 75.2 Å². The standard InChI is InChI=1S/C23H23FN4O4/c1-13-5-4-6-14(9-13)10-18-22(29)27(3)19(23(30)26(18)2)11-15-12-25-17-8-7-16(24)21(20(15)17)28(31)32/h4-9,12,18-19,25H,10-11H2,1-3H3/t18-,19-/m0/s1. The molecule has 32 heavy (non-hydrogen) atoms. The molecule has 3 aromatic rings. The number of hydrogen-bond acceptors (Lipinski definition) is 4. The SMILES string of the molecule is Cc1cccc(C[C@H]2C(=O)N(C)[C@@H](Cc3c[nH]c4ccc(F)c([N+](=O)[O-])c34)C(=O)N2C)c1. The maximum absolute atomic E-state index is 14.2. The van der Waals surface area contributed by atoms with E-state index in [9.17, 15) is 24.1 Å². The number of amides is 2. The lowest BCUT2D eigenvalue weighted by Crippen LogP contribution is -2.63. The number of nitrogens with zero attached hydrogens (tertiary/aromatic N) is 3. The number of aromatic amines is 1. The first kappa shape index (κ1) is 21.5. The van der Waals surface area contributed by atoms with Gasteiger partial charge in [0.15, 0.2) is 0 Å². The summed E-state index contributed by atoms with van der Waals surface area (Å²) in [4.78, 5) is 42.8. The minimum atomic E-state index is -0.946. The zero-order valence-electron chi connectivity index (χ0n) is 18.0. The number of rotatable bonds is 5. The number of fused-ring (bicyclic) bond motifs is 1. The van der Waals surface area contributed by atoms with Crippen LogP contribution in [-0.4, -0.2) is 57.7 Å². The van der Waals surface area contributed by atoms with Gasteiger partial charge in [0.2, 0.25) is 17.6 Å². The Morgan fingerprint density at radius 1 is 1.06 bits per heavy atom. The van der Waals surface area contributed by atoms with Crippen molar-refractivity contribution < 1.29 is 18.9 Å². The van der Waals surface area contributed by atoms with Gasteiger partial charge in [-0.15, -0.1) is 0 Å². The monoisotopic (exact) mass is 438 g/mol. The molecular formula is C23H23FN4O4. The lowest BCUT2D eigenvalue weighted by atomic mass is 9.95. The number of aryl methyl sites for hydroxylation is 1. The molecule has 1 aliphatic heterocycles. The lowest BCUT2D eigenvalue weighted by Gasteiger charge is -2.42. The summed E-state index contributed by atoms with van der Waals surface area (Å²) in [5, 5.41) is 11.6. The maximum Gasteiger partial charge on any atom is 0.314 e. The molecule has 0 bridgehead atoms. The van der Waals surface area contributed by atoms with Gasteiger partial charge in [-0.25, -0.2) is 0 Å². The third kappa shape index (κ3) is 3.59. The van der Waals surface area contributed by atoms with Gasteiger partial charge in [-0.2, -0.15) is 4.39 Å². The van der Waals surface area contributed by atoms with Crippen molar-refractivity contribution in [2.45, 2.75) is 31.8 Å². The van der Waals surface area contributed by atoms with Crippen LogP contribution >= 0.6 is 0 Å². The van der Waals surface area contributed by atoms with Gasteiger partial charge in [0.05, 0.1) is 15.8 Å². The smallest absolute Gasteiger partial charge is 0.314 e. The summed E-state index contributed by atoms with van der Waals surface area (Å²) < 4.78 is 14.2. The van der Waals surface area contributed by atoms with E-state index < -0.39 is 28.5 Å². The van der Waals surface area contributed by atoms with Crippen LogP contribution in [0.4, 0.5) is 10.1 Å². The molecule has 166 valence electrons. The second-order valence-electron chi connectivity index (χ2n) is 8.22. The summed E-state index contributed by atoms with van der Waals surface area (Å²) >= 11 is 0. The third-order valence-corrected chi connectivity index (χ3v) is 6.16. The first-order chi connectivity index (χ1) is 15.2. The topological polar surface area (TPSA) is 99.5 Å². The molecule has 0 unspecified atom stereocenters. The van der Waals surface area contributed by atoms with E-state index in [4.69, 9.17) is 0 Å². The number of halogens is 1. The van der Waals surface area contributed by atoms with Gasteiger partial charge in [0.25, 0.3) is 0 Å². The molecule has 8 nitrogen and oxygen atoms in total. The minimum Gasteiger partial charge on any atom is -0.361 e. The van der Waals surface area contributed by atoms with E-state index in [-0.39, 0.29) is 23.6 Å². The average Bonchev–Trinajstić information content (AvgIpc) is 3.15. The van der Waals surface area contributed by atoms with Crippen molar-refractivity contribution in [1.82, 2.24) is 14.8 Å². The number of nitro benzene ring substituents is 1. The molecule has 0 aliphatic carbocycles. The van der Waals surface area contributed by atoms with E-state index in [0.29, 0.717) is 17.5 Å². The number of nitro groups is 1. The van der Waals surface area contributed by atoms with Crippen LogP contribution in [0, 0.1) is 22.9 Å². The summed E-state index contributed by atoms with van der Waals surface area (Å²) in [6.07, 6.45) is 1.96. The molecule has 0 radical (unpaired) electrons. The normalized spacial score (nSPS) is 19.1. The third-order valence-electron chi connectivity index (χ3n) is 6.16. The van der Waals surface area contributed by atoms with Crippen LogP contribution < -0.4 is 0 Å². The van der Waals surface area contributed by atoms with Crippen molar-refractivity contribution in [2.24, 2.45) is 0 Å². The van der Waals surface area contributed by atoms with Gasteiger partial charge >= 0.3 is 5.69 Å². The Morgan fingerprint density at radius 2 is 1.72 bits per heavy atom.